The summed E-state index contributed by atoms with van der Waals surface area (Å²) < 4.78 is 5.57. The second kappa shape index (κ2) is 4.80. The van der Waals surface area contributed by atoms with Crippen LogP contribution in [0.1, 0.15) is 20.3 Å². The highest BCUT2D eigenvalue weighted by atomic mass is 16.5. The molecule has 0 radical (unpaired) electrons. The lowest BCUT2D eigenvalue weighted by Gasteiger charge is -2.28. The fourth-order valence-electron chi connectivity index (χ4n) is 1.33. The molecule has 3 nitrogen and oxygen atoms in total. The molecule has 0 aliphatic carbocycles. The molecule has 0 aromatic rings. The lowest BCUT2D eigenvalue weighted by Crippen LogP contribution is -2.45. The van der Waals surface area contributed by atoms with E-state index in [-0.39, 0.29) is 12.2 Å². The Kier molecular flexibility index (Phi) is 3.98. The Labute approximate surface area is 74.1 Å². The zero-order valence-corrected chi connectivity index (χ0v) is 7.92. The molecule has 1 fully saturated rings. The molecular weight excluding hydrogens is 154 g/mol. The van der Waals surface area contributed by atoms with Crippen molar-refractivity contribution in [2.45, 2.75) is 32.5 Å². The highest BCUT2D eigenvalue weighted by Crippen LogP contribution is 2.09. The lowest BCUT2D eigenvalue weighted by atomic mass is 10.1. The average molecular weight is 173 g/mol. The van der Waals surface area contributed by atoms with Crippen molar-refractivity contribution in [1.29, 1.82) is 0 Å². The van der Waals surface area contributed by atoms with Crippen molar-refractivity contribution in [3.63, 3.8) is 0 Å². The molecule has 12 heavy (non-hydrogen) atoms. The van der Waals surface area contributed by atoms with E-state index in [9.17, 15) is 5.11 Å². The number of β-amino-alcohol motifs (C(OH)–C–C–N with tert-alkyl or cyclic N) is 1. The number of aliphatic hydroxyl groups excluding tert-OH is 1. The summed E-state index contributed by atoms with van der Waals surface area (Å²) in [6.07, 6.45) is 0.652. The van der Waals surface area contributed by atoms with Gasteiger partial charge in [-0.05, 0) is 18.9 Å². The van der Waals surface area contributed by atoms with Gasteiger partial charge in [0.15, 0.2) is 0 Å². The van der Waals surface area contributed by atoms with Gasteiger partial charge in [-0.15, -0.1) is 0 Å². The summed E-state index contributed by atoms with van der Waals surface area (Å²) in [5, 5.41) is 12.6. The van der Waals surface area contributed by atoms with E-state index < -0.39 is 0 Å². The molecule has 1 saturated heterocycles. The number of nitrogens with one attached hydrogen (secondary N) is 1. The molecule has 72 valence electrons. The number of aliphatic hydroxyl groups is 1. The van der Waals surface area contributed by atoms with Crippen molar-refractivity contribution in [2.24, 2.45) is 5.92 Å². The molecule has 1 aliphatic rings. The minimum Gasteiger partial charge on any atom is -0.389 e. The molecule has 0 amide bonds. The van der Waals surface area contributed by atoms with Gasteiger partial charge in [-0.2, -0.15) is 0 Å². The van der Waals surface area contributed by atoms with E-state index in [0.717, 1.165) is 19.6 Å². The Bertz CT molecular complexity index is 128. The van der Waals surface area contributed by atoms with Crippen LogP contribution in [0.25, 0.3) is 0 Å². The second-order valence-corrected chi connectivity index (χ2v) is 3.83. The molecule has 3 heteroatoms. The standard InChI is InChI=1S/C9H19NO2/c1-7(2)6-12-9-3-4-10-5-8(9)11/h7-11H,3-6H2,1-2H3. The van der Waals surface area contributed by atoms with Gasteiger partial charge in [0.1, 0.15) is 0 Å². The van der Waals surface area contributed by atoms with Gasteiger partial charge in [-0.25, -0.2) is 0 Å². The maximum atomic E-state index is 9.49. The summed E-state index contributed by atoms with van der Waals surface area (Å²) >= 11 is 0. The van der Waals surface area contributed by atoms with Gasteiger partial charge in [-0.3, -0.25) is 0 Å². The second-order valence-electron chi connectivity index (χ2n) is 3.83. The van der Waals surface area contributed by atoms with Crippen LogP contribution in [0.4, 0.5) is 0 Å². The fourth-order valence-corrected chi connectivity index (χ4v) is 1.33. The zero-order chi connectivity index (χ0) is 8.97. The van der Waals surface area contributed by atoms with Crippen LogP contribution in [0.15, 0.2) is 0 Å². The molecular formula is C9H19NO2. The lowest BCUT2D eigenvalue weighted by molar-refractivity contribution is -0.0595. The van der Waals surface area contributed by atoms with E-state index in [1.54, 1.807) is 0 Å². The first-order valence-corrected chi connectivity index (χ1v) is 4.70. The fraction of sp³-hybridized carbons (Fsp3) is 1.00. The van der Waals surface area contributed by atoms with Crippen LogP contribution in [-0.2, 0) is 4.74 Å². The zero-order valence-electron chi connectivity index (χ0n) is 7.92. The summed E-state index contributed by atoms with van der Waals surface area (Å²) in [5.74, 6) is 0.548. The predicted octanol–water partition coefficient (Wildman–Crippen LogP) is 0.382. The maximum absolute atomic E-state index is 9.49. The third kappa shape index (κ3) is 3.09. The minimum absolute atomic E-state index is 0.0497. The summed E-state index contributed by atoms with van der Waals surface area (Å²) in [4.78, 5) is 0. The summed E-state index contributed by atoms with van der Waals surface area (Å²) in [7, 11) is 0. The van der Waals surface area contributed by atoms with E-state index in [2.05, 4.69) is 19.2 Å². The quantitative estimate of drug-likeness (QED) is 0.648. The largest absolute Gasteiger partial charge is 0.389 e. The van der Waals surface area contributed by atoms with E-state index >= 15 is 0 Å². The van der Waals surface area contributed by atoms with Gasteiger partial charge in [0.05, 0.1) is 12.2 Å². The van der Waals surface area contributed by atoms with Crippen LogP contribution in [-0.4, -0.2) is 37.0 Å². The number of hydrogen-bond donors (Lipinski definition) is 2. The normalized spacial score (nSPS) is 31.0. The average Bonchev–Trinajstić information content (AvgIpc) is 2.03. The Hall–Kier alpha value is -0.120. The highest BCUT2D eigenvalue weighted by Gasteiger charge is 2.23. The molecule has 0 bridgehead atoms. The van der Waals surface area contributed by atoms with Crippen LogP contribution in [0.2, 0.25) is 0 Å². The van der Waals surface area contributed by atoms with Crippen molar-refractivity contribution in [1.82, 2.24) is 5.32 Å². The highest BCUT2D eigenvalue weighted by molar-refractivity contribution is 4.77. The van der Waals surface area contributed by atoms with E-state index in [1.807, 2.05) is 0 Å². The van der Waals surface area contributed by atoms with Crippen LogP contribution >= 0.6 is 0 Å². The molecule has 0 saturated carbocycles. The van der Waals surface area contributed by atoms with Crippen LogP contribution in [0, 0.1) is 5.92 Å². The van der Waals surface area contributed by atoms with Gasteiger partial charge < -0.3 is 15.2 Å². The smallest absolute Gasteiger partial charge is 0.0926 e. The molecule has 2 unspecified atom stereocenters. The Morgan fingerprint density at radius 2 is 2.33 bits per heavy atom. The Morgan fingerprint density at radius 1 is 1.58 bits per heavy atom. The first-order valence-electron chi connectivity index (χ1n) is 4.70. The van der Waals surface area contributed by atoms with Crippen LogP contribution in [0.3, 0.4) is 0 Å². The van der Waals surface area contributed by atoms with E-state index in [4.69, 9.17) is 4.74 Å². The molecule has 2 atom stereocenters. The first-order chi connectivity index (χ1) is 5.70. The SMILES string of the molecule is CC(C)COC1CCNCC1O. The summed E-state index contributed by atoms with van der Waals surface area (Å²) in [6.45, 7) is 6.62. The molecule has 2 N–H and O–H groups in total. The Balaban J connectivity index is 2.20. The summed E-state index contributed by atoms with van der Waals surface area (Å²) in [6, 6.07) is 0. The number of ether oxygens (including phenoxy) is 1. The molecule has 1 heterocycles. The van der Waals surface area contributed by atoms with Crippen LogP contribution in [0.5, 0.6) is 0 Å². The topological polar surface area (TPSA) is 41.5 Å². The third-order valence-corrected chi connectivity index (χ3v) is 2.03. The minimum atomic E-state index is -0.322. The molecule has 0 aromatic heterocycles. The van der Waals surface area contributed by atoms with E-state index in [0.29, 0.717) is 12.5 Å². The van der Waals surface area contributed by atoms with Gasteiger partial charge in [0.25, 0.3) is 0 Å². The summed E-state index contributed by atoms with van der Waals surface area (Å²) in [5.41, 5.74) is 0. The third-order valence-electron chi connectivity index (χ3n) is 2.03. The van der Waals surface area contributed by atoms with Gasteiger partial charge >= 0.3 is 0 Å². The maximum Gasteiger partial charge on any atom is 0.0926 e. The van der Waals surface area contributed by atoms with Crippen molar-refractivity contribution < 1.29 is 9.84 Å². The molecule has 1 rings (SSSR count). The number of hydrogen-bond acceptors (Lipinski definition) is 3. The number of piperidine rings is 1. The van der Waals surface area contributed by atoms with Gasteiger partial charge in [0.2, 0.25) is 0 Å². The van der Waals surface area contributed by atoms with E-state index in [1.165, 1.54) is 0 Å². The van der Waals surface area contributed by atoms with Gasteiger partial charge in [0, 0.05) is 13.2 Å². The van der Waals surface area contributed by atoms with Crippen molar-refractivity contribution in [3.05, 3.63) is 0 Å². The first kappa shape index (κ1) is 9.96. The molecule has 1 aliphatic heterocycles. The van der Waals surface area contributed by atoms with Gasteiger partial charge in [-0.1, -0.05) is 13.8 Å². The Morgan fingerprint density at radius 3 is 2.92 bits per heavy atom. The van der Waals surface area contributed by atoms with Crippen molar-refractivity contribution in [3.8, 4) is 0 Å². The number of rotatable bonds is 3. The monoisotopic (exact) mass is 173 g/mol. The predicted molar refractivity (Wildman–Crippen MR) is 48.1 cm³/mol. The molecule has 0 aromatic carbocycles. The van der Waals surface area contributed by atoms with Crippen molar-refractivity contribution >= 4 is 0 Å². The van der Waals surface area contributed by atoms with Crippen LogP contribution < -0.4 is 5.32 Å². The molecule has 0 spiro atoms. The van der Waals surface area contributed by atoms with Crippen molar-refractivity contribution in [2.75, 3.05) is 19.7 Å².